The summed E-state index contributed by atoms with van der Waals surface area (Å²) in [7, 11) is 0. The van der Waals surface area contributed by atoms with Crippen molar-refractivity contribution in [2.24, 2.45) is 0 Å². The molecule has 4 rings (SSSR count). The van der Waals surface area contributed by atoms with Gasteiger partial charge in [0.25, 0.3) is 5.91 Å². The van der Waals surface area contributed by atoms with E-state index in [9.17, 15) is 4.79 Å². The van der Waals surface area contributed by atoms with Crippen LogP contribution in [0.4, 0.5) is 0 Å². The van der Waals surface area contributed by atoms with Crippen molar-refractivity contribution >= 4 is 28.3 Å². The molecule has 6 heteroatoms. The molecule has 0 aliphatic carbocycles. The highest BCUT2D eigenvalue weighted by atomic mass is 32.1. The van der Waals surface area contributed by atoms with Crippen LogP contribution in [0.15, 0.2) is 66.4 Å². The van der Waals surface area contributed by atoms with Gasteiger partial charge in [-0.05, 0) is 35.2 Å². The van der Waals surface area contributed by atoms with Crippen molar-refractivity contribution in [3.05, 3.63) is 76.9 Å². The van der Waals surface area contributed by atoms with Crippen molar-refractivity contribution in [1.82, 2.24) is 19.9 Å². The van der Waals surface area contributed by atoms with Gasteiger partial charge in [0.1, 0.15) is 12.1 Å². The molecule has 118 valence electrons. The first-order valence-corrected chi connectivity index (χ1v) is 8.38. The van der Waals surface area contributed by atoms with Crippen LogP contribution in [-0.4, -0.2) is 20.4 Å². The third-order valence-electron chi connectivity index (χ3n) is 3.71. The van der Waals surface area contributed by atoms with E-state index in [1.165, 1.54) is 11.3 Å². The number of para-hydroxylation sites is 2. The average Bonchev–Trinajstić information content (AvgIpc) is 3.30. The summed E-state index contributed by atoms with van der Waals surface area (Å²) in [4.78, 5) is 21.5. The highest BCUT2D eigenvalue weighted by Gasteiger charge is 2.07. The molecule has 3 aromatic heterocycles. The number of hydrogen-bond donors (Lipinski definition) is 1. The van der Waals surface area contributed by atoms with E-state index in [0.29, 0.717) is 11.4 Å². The highest BCUT2D eigenvalue weighted by molar-refractivity contribution is 7.12. The van der Waals surface area contributed by atoms with Gasteiger partial charge < -0.3 is 5.32 Å². The van der Waals surface area contributed by atoms with Gasteiger partial charge in [0, 0.05) is 12.7 Å². The predicted octanol–water partition coefficient (Wildman–Crippen LogP) is 3.41. The van der Waals surface area contributed by atoms with E-state index in [2.05, 4.69) is 15.3 Å². The van der Waals surface area contributed by atoms with Crippen molar-refractivity contribution in [3.8, 4) is 5.82 Å². The SMILES string of the molecule is O=C(NCc1ccc(-n2cnc3ccccc32)nc1)c1cccs1. The maximum Gasteiger partial charge on any atom is 0.261 e. The van der Waals surface area contributed by atoms with Crippen LogP contribution in [0.25, 0.3) is 16.9 Å². The van der Waals surface area contributed by atoms with Crippen molar-refractivity contribution < 1.29 is 4.79 Å². The Kier molecular flexibility index (Phi) is 3.80. The number of rotatable bonds is 4. The van der Waals surface area contributed by atoms with Gasteiger partial charge in [-0.1, -0.05) is 24.3 Å². The Labute approximate surface area is 142 Å². The fourth-order valence-electron chi connectivity index (χ4n) is 2.48. The molecule has 0 saturated carbocycles. The number of aromatic nitrogens is 3. The van der Waals surface area contributed by atoms with Gasteiger partial charge in [-0.15, -0.1) is 11.3 Å². The predicted molar refractivity (Wildman–Crippen MR) is 94.4 cm³/mol. The number of amides is 1. The molecule has 0 spiro atoms. The average molecular weight is 334 g/mol. The molecule has 0 aliphatic heterocycles. The molecule has 0 radical (unpaired) electrons. The number of thiophene rings is 1. The van der Waals surface area contributed by atoms with Crippen LogP contribution in [0.1, 0.15) is 15.2 Å². The lowest BCUT2D eigenvalue weighted by Crippen LogP contribution is -2.21. The third kappa shape index (κ3) is 2.79. The molecule has 0 aliphatic rings. The molecule has 0 saturated heterocycles. The molecule has 0 unspecified atom stereocenters. The minimum absolute atomic E-state index is 0.0605. The van der Waals surface area contributed by atoms with E-state index < -0.39 is 0 Å². The van der Waals surface area contributed by atoms with Crippen LogP contribution >= 0.6 is 11.3 Å². The number of pyridine rings is 1. The number of fused-ring (bicyclic) bond motifs is 1. The van der Waals surface area contributed by atoms with E-state index in [0.717, 1.165) is 22.4 Å². The first kappa shape index (κ1) is 14.6. The first-order chi connectivity index (χ1) is 11.8. The number of carbonyl (C=O) groups excluding carboxylic acids is 1. The van der Waals surface area contributed by atoms with Crippen molar-refractivity contribution in [2.45, 2.75) is 6.54 Å². The molecule has 3 heterocycles. The number of benzene rings is 1. The topological polar surface area (TPSA) is 59.8 Å². The van der Waals surface area contributed by atoms with Crippen molar-refractivity contribution in [2.75, 3.05) is 0 Å². The smallest absolute Gasteiger partial charge is 0.261 e. The monoisotopic (exact) mass is 334 g/mol. The summed E-state index contributed by atoms with van der Waals surface area (Å²) in [5.41, 5.74) is 2.91. The van der Waals surface area contributed by atoms with E-state index in [1.807, 2.05) is 58.5 Å². The molecule has 0 bridgehead atoms. The Morgan fingerprint density at radius 3 is 2.79 bits per heavy atom. The second-order valence-corrected chi connectivity index (χ2v) is 6.24. The summed E-state index contributed by atoms with van der Waals surface area (Å²) in [6.07, 6.45) is 3.55. The summed E-state index contributed by atoms with van der Waals surface area (Å²) < 4.78 is 1.95. The Morgan fingerprint density at radius 2 is 2.00 bits per heavy atom. The summed E-state index contributed by atoms with van der Waals surface area (Å²) in [5.74, 6) is 0.742. The molecule has 1 amide bonds. The zero-order valence-electron chi connectivity index (χ0n) is 12.7. The molecular formula is C18H14N4OS. The molecule has 0 fully saturated rings. The lowest BCUT2D eigenvalue weighted by molar-refractivity contribution is 0.0955. The maximum atomic E-state index is 11.9. The molecule has 5 nitrogen and oxygen atoms in total. The van der Waals surface area contributed by atoms with Crippen LogP contribution in [0.5, 0.6) is 0 Å². The summed E-state index contributed by atoms with van der Waals surface area (Å²) in [6.45, 7) is 0.453. The summed E-state index contributed by atoms with van der Waals surface area (Å²) >= 11 is 1.43. The normalized spacial score (nSPS) is 10.8. The Morgan fingerprint density at radius 1 is 1.08 bits per heavy atom. The molecule has 4 aromatic rings. The number of hydrogen-bond acceptors (Lipinski definition) is 4. The number of nitrogens with zero attached hydrogens (tertiary/aromatic N) is 3. The zero-order chi connectivity index (χ0) is 16.4. The lowest BCUT2D eigenvalue weighted by Gasteiger charge is -2.06. The second-order valence-electron chi connectivity index (χ2n) is 5.29. The largest absolute Gasteiger partial charge is 0.347 e. The standard InChI is InChI=1S/C18H14N4OS/c23-18(16-6-3-9-24-16)20-11-13-7-8-17(19-10-13)22-12-21-14-4-1-2-5-15(14)22/h1-10,12H,11H2,(H,20,23). The first-order valence-electron chi connectivity index (χ1n) is 7.50. The zero-order valence-corrected chi connectivity index (χ0v) is 13.5. The van der Waals surface area contributed by atoms with Gasteiger partial charge in [-0.25, -0.2) is 9.97 Å². The Hall–Kier alpha value is -2.99. The molecule has 24 heavy (non-hydrogen) atoms. The fraction of sp³-hybridized carbons (Fsp3) is 0.0556. The third-order valence-corrected chi connectivity index (χ3v) is 4.58. The van der Waals surface area contributed by atoms with Crippen LogP contribution in [0, 0.1) is 0 Å². The van der Waals surface area contributed by atoms with E-state index >= 15 is 0 Å². The summed E-state index contributed by atoms with van der Waals surface area (Å²) in [5, 5.41) is 4.79. The molecule has 0 atom stereocenters. The number of carbonyl (C=O) groups is 1. The maximum absolute atomic E-state index is 11.9. The minimum Gasteiger partial charge on any atom is -0.347 e. The van der Waals surface area contributed by atoms with Crippen LogP contribution in [0.2, 0.25) is 0 Å². The number of imidazole rings is 1. The Bertz CT molecular complexity index is 974. The van der Waals surface area contributed by atoms with Gasteiger partial charge in [0.15, 0.2) is 0 Å². The van der Waals surface area contributed by atoms with Gasteiger partial charge in [-0.2, -0.15) is 0 Å². The second kappa shape index (κ2) is 6.25. The van der Waals surface area contributed by atoms with Crippen molar-refractivity contribution in [3.63, 3.8) is 0 Å². The van der Waals surface area contributed by atoms with Crippen LogP contribution in [-0.2, 0) is 6.54 Å². The van der Waals surface area contributed by atoms with Crippen LogP contribution < -0.4 is 5.32 Å². The Balaban J connectivity index is 1.50. The summed E-state index contributed by atoms with van der Waals surface area (Å²) in [6, 6.07) is 15.5. The lowest BCUT2D eigenvalue weighted by atomic mass is 10.2. The van der Waals surface area contributed by atoms with Crippen LogP contribution in [0.3, 0.4) is 0 Å². The molecule has 1 N–H and O–H groups in total. The molecular weight excluding hydrogens is 320 g/mol. The van der Waals surface area contributed by atoms with E-state index in [4.69, 9.17) is 0 Å². The van der Waals surface area contributed by atoms with E-state index in [1.54, 1.807) is 12.5 Å². The van der Waals surface area contributed by atoms with Gasteiger partial charge >= 0.3 is 0 Å². The number of nitrogens with one attached hydrogen (secondary N) is 1. The minimum atomic E-state index is -0.0605. The molecule has 1 aromatic carbocycles. The fourth-order valence-corrected chi connectivity index (χ4v) is 3.12. The van der Waals surface area contributed by atoms with Gasteiger partial charge in [0.05, 0.1) is 15.9 Å². The van der Waals surface area contributed by atoms with Gasteiger partial charge in [0.2, 0.25) is 0 Å². The highest BCUT2D eigenvalue weighted by Crippen LogP contribution is 2.16. The van der Waals surface area contributed by atoms with Gasteiger partial charge in [-0.3, -0.25) is 9.36 Å². The quantitative estimate of drug-likeness (QED) is 0.622. The van der Waals surface area contributed by atoms with E-state index in [-0.39, 0.29) is 5.91 Å². The van der Waals surface area contributed by atoms with Crippen molar-refractivity contribution in [1.29, 1.82) is 0 Å².